The molecule has 148 valence electrons. The Morgan fingerprint density at radius 3 is 2.59 bits per heavy atom. The molecule has 0 unspecified atom stereocenters. The van der Waals surface area contributed by atoms with Gasteiger partial charge in [-0.15, -0.1) is 0 Å². The molecule has 0 radical (unpaired) electrons. The first-order valence-electron chi connectivity index (χ1n) is 9.99. The molecular formula is C21H31N3O3. The van der Waals surface area contributed by atoms with Crippen molar-refractivity contribution in [2.24, 2.45) is 5.92 Å². The third kappa shape index (κ3) is 5.53. The molecule has 2 aliphatic rings. The fourth-order valence-corrected chi connectivity index (χ4v) is 3.77. The number of anilines is 1. The minimum atomic E-state index is 0.00228. The van der Waals surface area contributed by atoms with E-state index in [4.69, 9.17) is 4.74 Å². The first kappa shape index (κ1) is 19.8. The number of hydrogen-bond donors (Lipinski definition) is 1. The molecule has 1 aromatic carbocycles. The molecule has 6 nitrogen and oxygen atoms in total. The molecule has 27 heavy (non-hydrogen) atoms. The minimum absolute atomic E-state index is 0.00228. The number of carbonyl (C=O) groups is 2. The van der Waals surface area contributed by atoms with Crippen molar-refractivity contribution in [2.75, 3.05) is 51.3 Å². The van der Waals surface area contributed by atoms with Crippen LogP contribution in [0.25, 0.3) is 0 Å². The molecular weight excluding hydrogens is 342 g/mol. The third-order valence-corrected chi connectivity index (χ3v) is 5.63. The van der Waals surface area contributed by atoms with Gasteiger partial charge in [-0.05, 0) is 56.4 Å². The van der Waals surface area contributed by atoms with Crippen LogP contribution in [-0.2, 0) is 14.3 Å². The second kappa shape index (κ2) is 9.33. The molecule has 0 spiro atoms. The lowest BCUT2D eigenvalue weighted by molar-refractivity contribution is -0.138. The zero-order chi connectivity index (χ0) is 19.2. The number of amides is 2. The number of benzene rings is 1. The standard InChI is InChI=1S/C21H31N3O3/c1-16-4-5-19(14-17(16)2)22-20(25)15-23-8-3-9-24(11-10-23)21(26)18-6-12-27-13-7-18/h4-5,14,18H,3,6-13,15H2,1-2H3,(H,22,25). The number of nitrogens with zero attached hydrogens (tertiary/aromatic N) is 2. The maximum atomic E-state index is 12.7. The maximum absolute atomic E-state index is 12.7. The molecule has 0 aliphatic carbocycles. The van der Waals surface area contributed by atoms with Crippen molar-refractivity contribution >= 4 is 17.5 Å². The van der Waals surface area contributed by atoms with Crippen molar-refractivity contribution in [1.29, 1.82) is 0 Å². The van der Waals surface area contributed by atoms with Crippen LogP contribution >= 0.6 is 0 Å². The van der Waals surface area contributed by atoms with E-state index in [1.807, 2.05) is 30.0 Å². The number of aryl methyl sites for hydroxylation is 2. The number of hydrogen-bond acceptors (Lipinski definition) is 4. The highest BCUT2D eigenvalue weighted by Gasteiger charge is 2.28. The van der Waals surface area contributed by atoms with Crippen LogP contribution in [0.1, 0.15) is 30.4 Å². The van der Waals surface area contributed by atoms with E-state index in [-0.39, 0.29) is 17.7 Å². The Morgan fingerprint density at radius 1 is 1.07 bits per heavy atom. The molecule has 2 fully saturated rings. The highest BCUT2D eigenvalue weighted by atomic mass is 16.5. The molecule has 2 heterocycles. The topological polar surface area (TPSA) is 61.9 Å². The van der Waals surface area contributed by atoms with Crippen LogP contribution in [0.5, 0.6) is 0 Å². The monoisotopic (exact) mass is 373 g/mol. The summed E-state index contributed by atoms with van der Waals surface area (Å²) in [5.41, 5.74) is 3.23. The highest BCUT2D eigenvalue weighted by molar-refractivity contribution is 5.92. The predicted molar refractivity (Wildman–Crippen MR) is 106 cm³/mol. The highest BCUT2D eigenvalue weighted by Crippen LogP contribution is 2.19. The quantitative estimate of drug-likeness (QED) is 0.879. The molecule has 0 bridgehead atoms. The summed E-state index contributed by atoms with van der Waals surface area (Å²) in [5.74, 6) is 0.376. The summed E-state index contributed by atoms with van der Waals surface area (Å²) in [7, 11) is 0. The third-order valence-electron chi connectivity index (χ3n) is 5.63. The van der Waals surface area contributed by atoms with Crippen LogP contribution in [0.2, 0.25) is 0 Å². The van der Waals surface area contributed by atoms with E-state index in [2.05, 4.69) is 17.1 Å². The van der Waals surface area contributed by atoms with Gasteiger partial charge in [-0.2, -0.15) is 0 Å². The van der Waals surface area contributed by atoms with Gasteiger partial charge < -0.3 is 15.0 Å². The average Bonchev–Trinajstić information content (AvgIpc) is 2.90. The predicted octanol–water partition coefficient (Wildman–Crippen LogP) is 2.20. The summed E-state index contributed by atoms with van der Waals surface area (Å²) in [6, 6.07) is 5.97. The second-order valence-electron chi connectivity index (χ2n) is 7.69. The normalized spacial score (nSPS) is 19.6. The Bertz CT molecular complexity index is 671. The molecule has 0 saturated carbocycles. The van der Waals surface area contributed by atoms with Gasteiger partial charge in [0.25, 0.3) is 0 Å². The van der Waals surface area contributed by atoms with Gasteiger partial charge in [0.1, 0.15) is 0 Å². The molecule has 2 saturated heterocycles. The summed E-state index contributed by atoms with van der Waals surface area (Å²) in [6.45, 7) is 8.93. The van der Waals surface area contributed by atoms with Crippen molar-refractivity contribution < 1.29 is 14.3 Å². The molecule has 0 aromatic heterocycles. The van der Waals surface area contributed by atoms with E-state index < -0.39 is 0 Å². The van der Waals surface area contributed by atoms with Gasteiger partial charge >= 0.3 is 0 Å². The molecule has 2 amide bonds. The molecule has 6 heteroatoms. The fourth-order valence-electron chi connectivity index (χ4n) is 3.77. The van der Waals surface area contributed by atoms with E-state index in [0.717, 1.165) is 44.6 Å². The van der Waals surface area contributed by atoms with E-state index in [1.165, 1.54) is 11.1 Å². The minimum Gasteiger partial charge on any atom is -0.381 e. The van der Waals surface area contributed by atoms with Crippen molar-refractivity contribution in [3.63, 3.8) is 0 Å². The van der Waals surface area contributed by atoms with E-state index in [9.17, 15) is 9.59 Å². The zero-order valence-electron chi connectivity index (χ0n) is 16.5. The van der Waals surface area contributed by atoms with Crippen LogP contribution in [0.4, 0.5) is 5.69 Å². The number of carbonyl (C=O) groups excluding carboxylic acids is 2. The van der Waals surface area contributed by atoms with Gasteiger partial charge in [-0.3, -0.25) is 14.5 Å². The van der Waals surface area contributed by atoms with Crippen LogP contribution < -0.4 is 5.32 Å². The summed E-state index contributed by atoms with van der Waals surface area (Å²) < 4.78 is 5.36. The van der Waals surface area contributed by atoms with Gasteiger partial charge in [-0.1, -0.05) is 6.07 Å². The van der Waals surface area contributed by atoms with Crippen LogP contribution in [0.15, 0.2) is 18.2 Å². The first-order valence-corrected chi connectivity index (χ1v) is 9.99. The summed E-state index contributed by atoms with van der Waals surface area (Å²) >= 11 is 0. The van der Waals surface area contributed by atoms with Gasteiger partial charge in [-0.25, -0.2) is 0 Å². The Hall–Kier alpha value is -1.92. The molecule has 0 atom stereocenters. The summed E-state index contributed by atoms with van der Waals surface area (Å²) in [5, 5.41) is 2.99. The van der Waals surface area contributed by atoms with Gasteiger partial charge in [0, 0.05) is 51.0 Å². The second-order valence-corrected chi connectivity index (χ2v) is 7.69. The average molecular weight is 373 g/mol. The van der Waals surface area contributed by atoms with Gasteiger partial charge in [0.05, 0.1) is 6.54 Å². The molecule has 2 aliphatic heterocycles. The Labute approximate surface area is 161 Å². The van der Waals surface area contributed by atoms with Gasteiger partial charge in [0.15, 0.2) is 0 Å². The molecule has 1 aromatic rings. The number of rotatable bonds is 4. The van der Waals surface area contributed by atoms with Crippen molar-refractivity contribution in [3.05, 3.63) is 29.3 Å². The largest absolute Gasteiger partial charge is 0.381 e. The van der Waals surface area contributed by atoms with Crippen LogP contribution in [-0.4, -0.2) is 67.6 Å². The Morgan fingerprint density at radius 2 is 1.85 bits per heavy atom. The zero-order valence-corrected chi connectivity index (χ0v) is 16.5. The van der Waals surface area contributed by atoms with E-state index in [0.29, 0.717) is 26.3 Å². The van der Waals surface area contributed by atoms with Crippen LogP contribution in [0.3, 0.4) is 0 Å². The Kier molecular flexibility index (Phi) is 6.85. The van der Waals surface area contributed by atoms with Crippen molar-refractivity contribution in [2.45, 2.75) is 33.1 Å². The lowest BCUT2D eigenvalue weighted by Gasteiger charge is -2.28. The van der Waals surface area contributed by atoms with E-state index >= 15 is 0 Å². The van der Waals surface area contributed by atoms with Gasteiger partial charge in [0.2, 0.25) is 11.8 Å². The van der Waals surface area contributed by atoms with E-state index in [1.54, 1.807) is 0 Å². The fraction of sp³-hybridized carbons (Fsp3) is 0.619. The van der Waals surface area contributed by atoms with Crippen molar-refractivity contribution in [3.8, 4) is 0 Å². The lowest BCUT2D eigenvalue weighted by Crippen LogP contribution is -2.41. The summed E-state index contributed by atoms with van der Waals surface area (Å²) in [6.07, 6.45) is 2.57. The summed E-state index contributed by atoms with van der Waals surface area (Å²) in [4.78, 5) is 29.2. The Balaban J connectivity index is 1.48. The SMILES string of the molecule is Cc1ccc(NC(=O)CN2CCCN(C(=O)C3CCOCC3)CC2)cc1C. The number of nitrogens with one attached hydrogen (secondary N) is 1. The smallest absolute Gasteiger partial charge is 0.238 e. The lowest BCUT2D eigenvalue weighted by atomic mass is 9.98. The maximum Gasteiger partial charge on any atom is 0.238 e. The number of ether oxygens (including phenoxy) is 1. The molecule has 1 N–H and O–H groups in total. The molecule has 3 rings (SSSR count). The van der Waals surface area contributed by atoms with Crippen molar-refractivity contribution in [1.82, 2.24) is 9.80 Å². The van der Waals surface area contributed by atoms with Crippen LogP contribution in [0, 0.1) is 19.8 Å². The first-order chi connectivity index (χ1) is 13.0.